The summed E-state index contributed by atoms with van der Waals surface area (Å²) in [5.74, 6) is -1.40. The molecule has 33 heavy (non-hydrogen) atoms. The molecule has 8 heteroatoms. The summed E-state index contributed by atoms with van der Waals surface area (Å²) in [4.78, 5) is 38.6. The normalized spacial score (nSPS) is 15.1. The fourth-order valence-corrected chi connectivity index (χ4v) is 4.03. The van der Waals surface area contributed by atoms with Crippen LogP contribution in [0.15, 0.2) is 73.0 Å². The summed E-state index contributed by atoms with van der Waals surface area (Å²) in [7, 11) is 1.35. The van der Waals surface area contributed by atoms with E-state index < -0.39 is 17.8 Å². The largest absolute Gasteiger partial charge is 0.465 e. The highest BCUT2D eigenvalue weighted by atomic mass is 32.1. The Morgan fingerprint density at radius 3 is 2.73 bits per heavy atom. The van der Waals surface area contributed by atoms with Gasteiger partial charge in [0.25, 0.3) is 11.8 Å². The molecule has 1 fully saturated rings. The summed E-state index contributed by atoms with van der Waals surface area (Å²) in [6.45, 7) is 4.33. The van der Waals surface area contributed by atoms with Crippen molar-refractivity contribution in [3.05, 3.63) is 89.6 Å². The minimum absolute atomic E-state index is 0.000965. The van der Waals surface area contributed by atoms with Crippen LogP contribution in [0.1, 0.15) is 21.5 Å². The lowest BCUT2D eigenvalue weighted by molar-refractivity contribution is -0.128. The number of carbonyl (C=O) groups excluding carboxylic acids is 3. The maximum Gasteiger partial charge on any atom is 0.337 e. The molecule has 7 nitrogen and oxygen atoms in total. The molecule has 166 valence electrons. The number of nitrogens with one attached hydrogen (secondary N) is 1. The lowest BCUT2D eigenvalue weighted by Crippen LogP contribution is -2.53. The van der Waals surface area contributed by atoms with Crippen LogP contribution in [0.4, 0.5) is 0 Å². The lowest BCUT2D eigenvalue weighted by Gasteiger charge is -2.27. The SMILES string of the molecule is C=CCN1C(=O)/C(=C\c2cn(Cc3cccc(C(=O)OC)c3)c3ccccc23)C(=O)NC1=S. The highest BCUT2D eigenvalue weighted by Crippen LogP contribution is 2.26. The molecule has 1 aliphatic heterocycles. The number of methoxy groups -OCH3 is 1. The second-order valence-electron chi connectivity index (χ2n) is 7.44. The fourth-order valence-electron chi connectivity index (χ4n) is 3.78. The van der Waals surface area contributed by atoms with Crippen molar-refractivity contribution in [2.75, 3.05) is 13.7 Å². The fraction of sp³-hybridized carbons (Fsp3) is 0.120. The lowest BCUT2D eigenvalue weighted by atomic mass is 10.1. The number of rotatable bonds is 6. The number of benzene rings is 2. The van der Waals surface area contributed by atoms with Gasteiger partial charge in [0.2, 0.25) is 0 Å². The number of nitrogens with zero attached hydrogens (tertiary/aromatic N) is 2. The molecule has 0 saturated carbocycles. The average molecular weight is 460 g/mol. The molecule has 0 radical (unpaired) electrons. The van der Waals surface area contributed by atoms with Crippen molar-refractivity contribution in [1.82, 2.24) is 14.8 Å². The topological polar surface area (TPSA) is 80.6 Å². The van der Waals surface area contributed by atoms with Crippen LogP contribution in [-0.2, 0) is 20.9 Å². The smallest absolute Gasteiger partial charge is 0.337 e. The van der Waals surface area contributed by atoms with E-state index >= 15 is 0 Å². The van der Waals surface area contributed by atoms with Gasteiger partial charge in [0, 0.05) is 35.8 Å². The van der Waals surface area contributed by atoms with Crippen molar-refractivity contribution < 1.29 is 19.1 Å². The molecule has 1 aromatic heterocycles. The van der Waals surface area contributed by atoms with E-state index in [0.29, 0.717) is 12.1 Å². The average Bonchev–Trinajstić information content (AvgIpc) is 3.16. The number of fused-ring (bicyclic) bond motifs is 1. The van der Waals surface area contributed by atoms with Gasteiger partial charge in [0.1, 0.15) is 5.57 Å². The van der Waals surface area contributed by atoms with Gasteiger partial charge in [-0.2, -0.15) is 0 Å². The van der Waals surface area contributed by atoms with Crippen molar-refractivity contribution in [1.29, 1.82) is 0 Å². The Labute approximate surface area is 195 Å². The zero-order valence-corrected chi connectivity index (χ0v) is 18.7. The van der Waals surface area contributed by atoms with Gasteiger partial charge in [0.15, 0.2) is 5.11 Å². The quantitative estimate of drug-likeness (QED) is 0.201. The predicted octanol–water partition coefficient (Wildman–Crippen LogP) is 3.29. The van der Waals surface area contributed by atoms with Crippen LogP contribution < -0.4 is 5.32 Å². The third-order valence-electron chi connectivity index (χ3n) is 5.32. The molecule has 0 unspecified atom stereocenters. The molecular weight excluding hydrogens is 438 g/mol. The van der Waals surface area contributed by atoms with Crippen LogP contribution in [0.2, 0.25) is 0 Å². The first-order valence-electron chi connectivity index (χ1n) is 10.2. The summed E-state index contributed by atoms with van der Waals surface area (Å²) in [5, 5.41) is 3.51. The molecule has 2 heterocycles. The van der Waals surface area contributed by atoms with Gasteiger partial charge in [-0.1, -0.05) is 36.4 Å². The first kappa shape index (κ1) is 22.2. The second-order valence-corrected chi connectivity index (χ2v) is 7.83. The minimum atomic E-state index is -0.534. The van der Waals surface area contributed by atoms with E-state index in [1.54, 1.807) is 30.4 Å². The number of para-hydroxylation sites is 1. The van der Waals surface area contributed by atoms with Gasteiger partial charge in [-0.25, -0.2) is 4.79 Å². The van der Waals surface area contributed by atoms with E-state index in [9.17, 15) is 14.4 Å². The molecule has 0 spiro atoms. The highest BCUT2D eigenvalue weighted by molar-refractivity contribution is 7.80. The second kappa shape index (κ2) is 9.22. The molecule has 4 rings (SSSR count). The molecule has 1 N–H and O–H groups in total. The summed E-state index contributed by atoms with van der Waals surface area (Å²) in [5.41, 5.74) is 3.03. The number of hydrogen-bond acceptors (Lipinski definition) is 5. The van der Waals surface area contributed by atoms with Crippen molar-refractivity contribution >= 4 is 52.1 Å². The Hall–Kier alpha value is -4.04. The van der Waals surface area contributed by atoms with Crippen molar-refractivity contribution in [3.8, 4) is 0 Å². The molecule has 0 aliphatic carbocycles. The number of carbonyl (C=O) groups is 3. The van der Waals surface area contributed by atoms with Crippen LogP contribution >= 0.6 is 12.2 Å². The van der Waals surface area contributed by atoms with Gasteiger partial charge in [-0.15, -0.1) is 6.58 Å². The minimum Gasteiger partial charge on any atom is -0.465 e. The van der Waals surface area contributed by atoms with Gasteiger partial charge >= 0.3 is 5.97 Å². The molecular formula is C25H21N3O4S. The Kier molecular flexibility index (Phi) is 6.19. The zero-order chi connectivity index (χ0) is 23.5. The summed E-state index contributed by atoms with van der Waals surface area (Å²) < 4.78 is 6.82. The number of thiocarbonyl (C=S) groups is 1. The van der Waals surface area contributed by atoms with E-state index in [1.807, 2.05) is 41.1 Å². The summed E-state index contributed by atoms with van der Waals surface area (Å²) in [6.07, 6.45) is 5.01. The van der Waals surface area contributed by atoms with Crippen molar-refractivity contribution in [2.24, 2.45) is 0 Å². The molecule has 3 aromatic rings. The molecule has 1 aliphatic rings. The van der Waals surface area contributed by atoms with Gasteiger partial charge in [-0.3, -0.25) is 19.8 Å². The maximum atomic E-state index is 12.9. The number of amides is 2. The molecule has 1 saturated heterocycles. The van der Waals surface area contributed by atoms with Gasteiger partial charge in [0.05, 0.1) is 12.7 Å². The zero-order valence-electron chi connectivity index (χ0n) is 17.9. The number of esters is 1. The number of hydrogen-bond donors (Lipinski definition) is 1. The third kappa shape index (κ3) is 4.33. The van der Waals surface area contributed by atoms with Crippen LogP contribution in [0, 0.1) is 0 Å². The molecule has 2 amide bonds. The standard InChI is InChI=1S/C25H21N3O4S/c1-3-11-28-23(30)20(22(29)26-25(28)33)13-18-15-27(21-10-5-4-9-19(18)21)14-16-7-6-8-17(12-16)24(31)32-2/h3-10,12-13,15H,1,11,14H2,2H3,(H,26,29,33)/b20-13-. The van der Waals surface area contributed by atoms with Crippen LogP contribution in [0.5, 0.6) is 0 Å². The summed E-state index contributed by atoms with van der Waals surface area (Å²) >= 11 is 5.12. The van der Waals surface area contributed by atoms with E-state index in [4.69, 9.17) is 17.0 Å². The van der Waals surface area contributed by atoms with Crippen LogP contribution in [0.3, 0.4) is 0 Å². The Bertz CT molecular complexity index is 1340. The Morgan fingerprint density at radius 2 is 1.97 bits per heavy atom. The molecule has 0 atom stereocenters. The first-order chi connectivity index (χ1) is 15.9. The molecule has 0 bridgehead atoms. The van der Waals surface area contributed by atoms with Crippen molar-refractivity contribution in [2.45, 2.75) is 6.54 Å². The Morgan fingerprint density at radius 1 is 1.18 bits per heavy atom. The third-order valence-corrected chi connectivity index (χ3v) is 5.64. The van der Waals surface area contributed by atoms with Crippen LogP contribution in [0.25, 0.3) is 17.0 Å². The van der Waals surface area contributed by atoms with Gasteiger partial charge < -0.3 is 9.30 Å². The maximum absolute atomic E-state index is 12.9. The van der Waals surface area contributed by atoms with E-state index in [2.05, 4.69) is 11.9 Å². The first-order valence-corrected chi connectivity index (χ1v) is 10.6. The van der Waals surface area contributed by atoms with E-state index in [0.717, 1.165) is 22.0 Å². The number of ether oxygens (including phenoxy) is 1. The highest BCUT2D eigenvalue weighted by Gasteiger charge is 2.32. The van der Waals surface area contributed by atoms with Crippen LogP contribution in [-0.4, -0.2) is 46.0 Å². The van der Waals surface area contributed by atoms with E-state index in [1.165, 1.54) is 12.0 Å². The van der Waals surface area contributed by atoms with E-state index in [-0.39, 0.29) is 17.2 Å². The molecule has 2 aromatic carbocycles. The monoisotopic (exact) mass is 459 g/mol. The predicted molar refractivity (Wildman–Crippen MR) is 129 cm³/mol. The van der Waals surface area contributed by atoms with Crippen molar-refractivity contribution in [3.63, 3.8) is 0 Å². The van der Waals surface area contributed by atoms with Gasteiger partial charge in [-0.05, 0) is 42.1 Å². The number of aromatic nitrogens is 1. The summed E-state index contributed by atoms with van der Waals surface area (Å²) in [6, 6.07) is 14.9. The Balaban J connectivity index is 1.74.